The lowest BCUT2D eigenvalue weighted by Crippen LogP contribution is -2.43. The van der Waals surface area contributed by atoms with Crippen molar-refractivity contribution in [1.82, 2.24) is 9.88 Å². The van der Waals surface area contributed by atoms with E-state index in [4.69, 9.17) is 23.1 Å². The van der Waals surface area contributed by atoms with Gasteiger partial charge in [0.1, 0.15) is 10.7 Å². The Balaban J connectivity index is 2.44. The van der Waals surface area contributed by atoms with Gasteiger partial charge in [0, 0.05) is 29.9 Å². The van der Waals surface area contributed by atoms with Gasteiger partial charge in [-0.05, 0) is 25.8 Å². The second-order valence-corrected chi connectivity index (χ2v) is 6.43. The molecule has 1 fully saturated rings. The van der Waals surface area contributed by atoms with Crippen LogP contribution in [0.15, 0.2) is 0 Å². The molecule has 3 heterocycles. The van der Waals surface area contributed by atoms with Gasteiger partial charge in [-0.3, -0.25) is 0 Å². The number of hydrogen-bond donors (Lipinski definition) is 2. The van der Waals surface area contributed by atoms with Crippen molar-refractivity contribution in [2.45, 2.75) is 20.3 Å². The van der Waals surface area contributed by atoms with Crippen LogP contribution in [0.1, 0.15) is 17.7 Å². The van der Waals surface area contributed by atoms with Crippen molar-refractivity contribution in [1.29, 1.82) is 0 Å². The van der Waals surface area contributed by atoms with Gasteiger partial charge in [0.25, 0.3) is 0 Å². The van der Waals surface area contributed by atoms with Gasteiger partial charge in [-0.15, -0.1) is 11.3 Å². The number of nitrogens with two attached hydrogens (primary N) is 2. The smallest absolute Gasteiger partial charge is 0.125 e. The van der Waals surface area contributed by atoms with E-state index >= 15 is 0 Å². The van der Waals surface area contributed by atoms with Gasteiger partial charge in [0.15, 0.2) is 0 Å². The molecule has 1 saturated heterocycles. The second-order valence-electron chi connectivity index (χ2n) is 5.05. The first kappa shape index (κ1) is 13.5. The van der Waals surface area contributed by atoms with Crippen molar-refractivity contribution in [3.63, 3.8) is 0 Å². The van der Waals surface area contributed by atoms with Crippen LogP contribution in [0.25, 0.3) is 22.2 Å². The van der Waals surface area contributed by atoms with Crippen molar-refractivity contribution >= 4 is 45.2 Å². The number of likely N-dealkylation sites (tertiary alicyclic amines) is 1. The summed E-state index contributed by atoms with van der Waals surface area (Å²) in [5, 5.41) is 2.67. The lowest BCUT2D eigenvalue weighted by Gasteiger charge is -2.32. The summed E-state index contributed by atoms with van der Waals surface area (Å²) in [6, 6.07) is 0. The second kappa shape index (κ2) is 4.82. The summed E-state index contributed by atoms with van der Waals surface area (Å²) in [7, 11) is 0. The fraction of sp³-hybridized carbons (Fsp3) is 0.357. The Kier molecular flexibility index (Phi) is 3.26. The molecule has 20 heavy (non-hydrogen) atoms. The fourth-order valence-electron chi connectivity index (χ4n) is 2.51. The minimum atomic E-state index is 0.701. The number of aromatic nitrogens is 1. The number of nitrogens with zero attached hydrogens (tertiary/aromatic N) is 2. The lowest BCUT2D eigenvalue weighted by atomic mass is 10.1. The predicted octanol–water partition coefficient (Wildman–Crippen LogP) is 0.993. The minimum Gasteiger partial charge on any atom is -0.404 e. The van der Waals surface area contributed by atoms with Crippen LogP contribution < -0.4 is 21.2 Å². The molecule has 4 nitrogen and oxygen atoms in total. The molecule has 0 unspecified atom stereocenters. The molecule has 0 amide bonds. The van der Waals surface area contributed by atoms with E-state index in [2.05, 4.69) is 9.88 Å². The molecule has 2 aromatic rings. The molecule has 0 aromatic carbocycles. The maximum absolute atomic E-state index is 6.31. The Labute approximate surface area is 126 Å². The summed E-state index contributed by atoms with van der Waals surface area (Å²) in [4.78, 5) is 7.69. The van der Waals surface area contributed by atoms with E-state index in [1.807, 2.05) is 13.8 Å². The zero-order valence-electron chi connectivity index (χ0n) is 11.5. The summed E-state index contributed by atoms with van der Waals surface area (Å²) in [6.07, 6.45) is 2.80. The largest absolute Gasteiger partial charge is 0.404 e. The first-order valence-corrected chi connectivity index (χ1v) is 7.76. The molecule has 6 heteroatoms. The highest BCUT2D eigenvalue weighted by atomic mass is 35.5. The first-order valence-electron chi connectivity index (χ1n) is 6.56. The Morgan fingerprint density at radius 1 is 1.40 bits per heavy atom. The Bertz CT molecular complexity index is 805. The number of thiophene rings is 1. The molecular weight excluding hydrogens is 292 g/mol. The molecule has 1 aliphatic heterocycles. The predicted molar refractivity (Wildman–Crippen MR) is 85.8 cm³/mol. The molecule has 2 aromatic heterocycles. The van der Waals surface area contributed by atoms with Crippen molar-refractivity contribution in [2.24, 2.45) is 11.5 Å². The highest BCUT2D eigenvalue weighted by Crippen LogP contribution is 2.26. The van der Waals surface area contributed by atoms with Gasteiger partial charge in [-0.25, -0.2) is 4.98 Å². The van der Waals surface area contributed by atoms with Crippen LogP contribution in [-0.2, 0) is 0 Å². The van der Waals surface area contributed by atoms with Crippen LogP contribution in [0.3, 0.4) is 0 Å². The van der Waals surface area contributed by atoms with Crippen LogP contribution in [0.2, 0.25) is 5.02 Å². The molecule has 3 rings (SSSR count). The molecule has 4 N–H and O–H groups in total. The van der Waals surface area contributed by atoms with Crippen LogP contribution in [-0.4, -0.2) is 23.0 Å². The van der Waals surface area contributed by atoms with Crippen LogP contribution in [0.4, 0.5) is 0 Å². The molecule has 1 aliphatic rings. The maximum atomic E-state index is 6.31. The highest BCUT2D eigenvalue weighted by Gasteiger charge is 2.18. The zero-order valence-corrected chi connectivity index (χ0v) is 13.1. The number of aryl methyl sites for hydroxylation is 2. The first-order chi connectivity index (χ1) is 9.54. The quantitative estimate of drug-likeness (QED) is 0.824. The molecule has 0 atom stereocenters. The minimum absolute atomic E-state index is 0.701. The monoisotopic (exact) mass is 308 g/mol. The van der Waals surface area contributed by atoms with E-state index in [9.17, 15) is 0 Å². The summed E-state index contributed by atoms with van der Waals surface area (Å²) < 4.78 is 1.000. The number of hydrogen-bond acceptors (Lipinski definition) is 5. The summed E-state index contributed by atoms with van der Waals surface area (Å²) >= 11 is 7.90. The van der Waals surface area contributed by atoms with Crippen molar-refractivity contribution in [3.05, 3.63) is 26.0 Å². The Hall–Kier alpha value is -1.46. The van der Waals surface area contributed by atoms with Gasteiger partial charge >= 0.3 is 0 Å². The van der Waals surface area contributed by atoms with Gasteiger partial charge in [-0.2, -0.15) is 0 Å². The normalized spacial score (nSPS) is 17.6. The average molecular weight is 309 g/mol. The number of pyridine rings is 1. The maximum Gasteiger partial charge on any atom is 0.125 e. The Morgan fingerprint density at radius 2 is 2.10 bits per heavy atom. The van der Waals surface area contributed by atoms with Crippen LogP contribution >= 0.6 is 22.9 Å². The third-order valence-electron chi connectivity index (χ3n) is 3.81. The molecule has 0 aliphatic carbocycles. The summed E-state index contributed by atoms with van der Waals surface area (Å²) in [6.45, 7) is 5.94. The average Bonchev–Trinajstić information content (AvgIpc) is 2.72. The van der Waals surface area contributed by atoms with Gasteiger partial charge < -0.3 is 16.4 Å². The third-order valence-corrected chi connectivity index (χ3v) is 5.49. The molecular formula is C14H17ClN4S. The van der Waals surface area contributed by atoms with Gasteiger partial charge in [0.05, 0.1) is 15.2 Å². The summed E-state index contributed by atoms with van der Waals surface area (Å²) in [5.41, 5.74) is 14.0. The standard InChI is InChI=1S/C14H17ClN4S/c1-7-10-9(6-16)12(13(17)19-4-3-5-19)20-14(10)18-8(2)11(7)15/h6H,3-5,16-17H2,1-2H3/b9-6-,13-12-. The van der Waals surface area contributed by atoms with E-state index in [1.165, 1.54) is 6.42 Å². The lowest BCUT2D eigenvalue weighted by molar-refractivity contribution is 0.275. The van der Waals surface area contributed by atoms with Gasteiger partial charge in [-0.1, -0.05) is 11.6 Å². The molecule has 0 saturated carbocycles. The number of fused-ring (bicyclic) bond motifs is 1. The van der Waals surface area contributed by atoms with Crippen LogP contribution in [0, 0.1) is 13.8 Å². The van der Waals surface area contributed by atoms with Crippen molar-refractivity contribution < 1.29 is 0 Å². The van der Waals surface area contributed by atoms with Crippen LogP contribution in [0.5, 0.6) is 0 Å². The molecule has 0 radical (unpaired) electrons. The molecule has 0 spiro atoms. The molecule has 106 valence electrons. The number of halogens is 1. The third kappa shape index (κ3) is 1.84. The molecule has 0 bridgehead atoms. The van der Waals surface area contributed by atoms with E-state index in [-0.39, 0.29) is 0 Å². The SMILES string of the molecule is Cc1nc2sc(=C(/N)N3CCC3)/c(=C\N)c2c(C)c1Cl. The summed E-state index contributed by atoms with van der Waals surface area (Å²) in [5.74, 6) is 0.795. The van der Waals surface area contributed by atoms with Gasteiger partial charge in [0.2, 0.25) is 0 Å². The number of rotatable bonds is 1. The van der Waals surface area contributed by atoms with E-state index in [0.717, 1.165) is 50.1 Å². The zero-order chi connectivity index (χ0) is 14.4. The van der Waals surface area contributed by atoms with E-state index in [0.29, 0.717) is 5.02 Å². The topological polar surface area (TPSA) is 68.2 Å². The fourth-order valence-corrected chi connectivity index (χ4v) is 3.90. The van der Waals surface area contributed by atoms with Crippen molar-refractivity contribution in [3.8, 4) is 0 Å². The van der Waals surface area contributed by atoms with E-state index in [1.54, 1.807) is 17.5 Å². The highest BCUT2D eigenvalue weighted by molar-refractivity contribution is 7.16. The Morgan fingerprint density at radius 3 is 2.65 bits per heavy atom. The van der Waals surface area contributed by atoms with E-state index < -0.39 is 0 Å². The van der Waals surface area contributed by atoms with Crippen molar-refractivity contribution in [2.75, 3.05) is 13.1 Å².